The molecule has 0 bridgehead atoms. The van der Waals surface area contributed by atoms with Gasteiger partial charge in [-0.2, -0.15) is 5.10 Å². The lowest BCUT2D eigenvalue weighted by Crippen LogP contribution is -2.47. The van der Waals surface area contributed by atoms with Crippen molar-refractivity contribution in [1.82, 2.24) is 24.9 Å². The van der Waals surface area contributed by atoms with Gasteiger partial charge in [-0.05, 0) is 45.7 Å². The highest BCUT2D eigenvalue weighted by Crippen LogP contribution is 2.26. The SMILES string of the molecule is CN(C)C(CNC(=O)N(C)C1CCC(CO)CC1)c1cnn(C)c1. The van der Waals surface area contributed by atoms with Gasteiger partial charge in [-0.15, -0.1) is 0 Å². The maximum Gasteiger partial charge on any atom is 0.317 e. The molecule has 1 fully saturated rings. The first-order valence-corrected chi connectivity index (χ1v) is 8.68. The Kier molecular flexibility index (Phi) is 6.62. The van der Waals surface area contributed by atoms with Gasteiger partial charge in [-0.25, -0.2) is 4.79 Å². The second kappa shape index (κ2) is 8.48. The van der Waals surface area contributed by atoms with Crippen molar-refractivity contribution < 1.29 is 9.90 Å². The first-order chi connectivity index (χ1) is 11.4. The van der Waals surface area contributed by atoms with E-state index >= 15 is 0 Å². The molecule has 1 aromatic heterocycles. The lowest BCUT2D eigenvalue weighted by Gasteiger charge is -2.34. The number of nitrogens with one attached hydrogen (secondary N) is 1. The van der Waals surface area contributed by atoms with Gasteiger partial charge >= 0.3 is 6.03 Å². The van der Waals surface area contributed by atoms with Crippen LogP contribution in [0.4, 0.5) is 4.79 Å². The number of carbonyl (C=O) groups excluding carboxylic acids is 1. The quantitative estimate of drug-likeness (QED) is 0.818. The first-order valence-electron chi connectivity index (χ1n) is 8.68. The highest BCUT2D eigenvalue weighted by Gasteiger charge is 2.26. The van der Waals surface area contributed by atoms with E-state index in [1.807, 2.05) is 45.5 Å². The summed E-state index contributed by atoms with van der Waals surface area (Å²) in [5.74, 6) is 0.404. The van der Waals surface area contributed by atoms with Crippen molar-refractivity contribution in [3.05, 3.63) is 18.0 Å². The van der Waals surface area contributed by atoms with Gasteiger partial charge in [0, 0.05) is 45.0 Å². The Balaban J connectivity index is 1.86. The van der Waals surface area contributed by atoms with Crippen molar-refractivity contribution in [2.75, 3.05) is 34.3 Å². The molecule has 2 rings (SSSR count). The van der Waals surface area contributed by atoms with Crippen LogP contribution in [0.3, 0.4) is 0 Å². The number of nitrogens with zero attached hydrogens (tertiary/aromatic N) is 4. The normalized spacial score (nSPS) is 22.4. The number of aryl methyl sites for hydroxylation is 1. The average molecular weight is 337 g/mol. The number of aliphatic hydroxyl groups is 1. The largest absolute Gasteiger partial charge is 0.396 e. The topological polar surface area (TPSA) is 73.6 Å². The first kappa shape index (κ1) is 18.7. The van der Waals surface area contributed by atoms with Crippen molar-refractivity contribution in [1.29, 1.82) is 0 Å². The van der Waals surface area contributed by atoms with Crippen LogP contribution < -0.4 is 5.32 Å². The number of rotatable bonds is 6. The summed E-state index contributed by atoms with van der Waals surface area (Å²) < 4.78 is 1.78. The summed E-state index contributed by atoms with van der Waals surface area (Å²) in [5.41, 5.74) is 1.09. The second-order valence-electron chi connectivity index (χ2n) is 7.08. The fourth-order valence-electron chi connectivity index (χ4n) is 3.40. The summed E-state index contributed by atoms with van der Waals surface area (Å²) in [6, 6.07) is 0.336. The van der Waals surface area contributed by atoms with Crippen molar-refractivity contribution in [2.24, 2.45) is 13.0 Å². The van der Waals surface area contributed by atoms with E-state index in [0.29, 0.717) is 12.5 Å². The Morgan fingerprint density at radius 3 is 2.54 bits per heavy atom. The van der Waals surface area contributed by atoms with E-state index in [1.165, 1.54) is 0 Å². The van der Waals surface area contributed by atoms with Crippen molar-refractivity contribution in [3.63, 3.8) is 0 Å². The molecule has 0 aliphatic heterocycles. The van der Waals surface area contributed by atoms with Gasteiger partial charge in [0.25, 0.3) is 0 Å². The molecule has 24 heavy (non-hydrogen) atoms. The standard InChI is InChI=1S/C17H31N5O2/c1-20(2)16(14-9-19-21(3)11-14)10-18-17(24)22(4)15-7-5-13(12-23)6-8-15/h9,11,13,15-16,23H,5-8,10,12H2,1-4H3,(H,18,24). The fourth-order valence-corrected chi connectivity index (χ4v) is 3.40. The lowest BCUT2D eigenvalue weighted by molar-refractivity contribution is 0.133. The average Bonchev–Trinajstić information content (AvgIpc) is 3.00. The van der Waals surface area contributed by atoms with E-state index in [1.54, 1.807) is 4.68 Å². The minimum atomic E-state index is -0.0295. The molecule has 1 heterocycles. The second-order valence-corrected chi connectivity index (χ2v) is 7.08. The van der Waals surface area contributed by atoms with Crippen molar-refractivity contribution in [3.8, 4) is 0 Å². The van der Waals surface area contributed by atoms with E-state index in [0.717, 1.165) is 31.2 Å². The highest BCUT2D eigenvalue weighted by atomic mass is 16.3. The molecule has 1 atom stereocenters. The van der Waals surface area contributed by atoms with Crippen molar-refractivity contribution in [2.45, 2.75) is 37.8 Å². The summed E-state index contributed by atoms with van der Waals surface area (Å²) in [5, 5.41) is 16.5. The van der Waals surface area contributed by atoms with Crippen LogP contribution in [0, 0.1) is 5.92 Å². The van der Waals surface area contributed by atoms with Gasteiger partial charge < -0.3 is 20.2 Å². The third-order valence-corrected chi connectivity index (χ3v) is 5.12. The number of amides is 2. The number of aromatic nitrogens is 2. The van der Waals surface area contributed by atoms with Crippen LogP contribution in [-0.2, 0) is 7.05 Å². The third kappa shape index (κ3) is 4.70. The molecular weight excluding hydrogens is 306 g/mol. The summed E-state index contributed by atoms with van der Waals surface area (Å²) in [6.07, 6.45) is 7.75. The van der Waals surface area contributed by atoms with Gasteiger partial charge in [0.1, 0.15) is 0 Å². The number of likely N-dealkylation sites (N-methyl/N-ethyl adjacent to an activating group) is 1. The molecular formula is C17H31N5O2. The molecule has 1 aliphatic carbocycles. The molecule has 1 aromatic rings. The Labute approximate surface area is 144 Å². The summed E-state index contributed by atoms with van der Waals surface area (Å²) >= 11 is 0. The van der Waals surface area contributed by atoms with Crippen LogP contribution in [0.1, 0.15) is 37.3 Å². The van der Waals surface area contributed by atoms with Crippen LogP contribution in [0.15, 0.2) is 12.4 Å². The monoisotopic (exact) mass is 337 g/mol. The van der Waals surface area contributed by atoms with Gasteiger partial charge in [-0.1, -0.05) is 0 Å². The van der Waals surface area contributed by atoms with Gasteiger partial charge in [0.15, 0.2) is 0 Å². The van der Waals surface area contributed by atoms with Gasteiger partial charge in [-0.3, -0.25) is 4.68 Å². The molecule has 1 saturated carbocycles. The summed E-state index contributed by atoms with van der Waals surface area (Å²) in [7, 11) is 7.77. The van der Waals surface area contributed by atoms with Gasteiger partial charge in [0.05, 0.1) is 12.2 Å². The van der Waals surface area contributed by atoms with E-state index in [9.17, 15) is 9.90 Å². The molecule has 1 unspecified atom stereocenters. The molecule has 2 N–H and O–H groups in total. The van der Waals surface area contributed by atoms with E-state index in [2.05, 4.69) is 15.3 Å². The van der Waals surface area contributed by atoms with Crippen LogP contribution in [0.5, 0.6) is 0 Å². The molecule has 1 aliphatic rings. The molecule has 0 radical (unpaired) electrons. The van der Waals surface area contributed by atoms with Gasteiger partial charge in [0.2, 0.25) is 0 Å². The Bertz CT molecular complexity index is 523. The zero-order valence-corrected chi connectivity index (χ0v) is 15.3. The van der Waals surface area contributed by atoms with E-state index < -0.39 is 0 Å². The van der Waals surface area contributed by atoms with Crippen LogP contribution in [0.25, 0.3) is 0 Å². The maximum atomic E-state index is 12.5. The van der Waals surface area contributed by atoms with Crippen LogP contribution >= 0.6 is 0 Å². The molecule has 0 aromatic carbocycles. The highest BCUT2D eigenvalue weighted by molar-refractivity contribution is 5.74. The molecule has 136 valence electrons. The Morgan fingerprint density at radius 1 is 1.38 bits per heavy atom. The summed E-state index contributed by atoms with van der Waals surface area (Å²) in [4.78, 5) is 16.4. The third-order valence-electron chi connectivity index (χ3n) is 5.12. The molecule has 2 amide bonds. The number of carbonyl (C=O) groups is 1. The minimum Gasteiger partial charge on any atom is -0.396 e. The van der Waals surface area contributed by atoms with E-state index in [4.69, 9.17) is 0 Å². The molecule has 0 spiro atoms. The zero-order valence-electron chi connectivity index (χ0n) is 15.3. The van der Waals surface area contributed by atoms with Crippen LogP contribution in [0.2, 0.25) is 0 Å². The lowest BCUT2D eigenvalue weighted by atomic mass is 9.86. The molecule has 0 saturated heterocycles. The smallest absolute Gasteiger partial charge is 0.317 e. The predicted octanol–water partition coefficient (Wildman–Crippen LogP) is 1.22. The number of aliphatic hydroxyl groups excluding tert-OH is 1. The predicted molar refractivity (Wildman–Crippen MR) is 93.6 cm³/mol. The van der Waals surface area contributed by atoms with Crippen LogP contribution in [-0.4, -0.2) is 71.1 Å². The zero-order chi connectivity index (χ0) is 17.7. The minimum absolute atomic E-state index is 0.0295. The summed E-state index contributed by atoms with van der Waals surface area (Å²) in [6.45, 7) is 0.812. The maximum absolute atomic E-state index is 12.5. The van der Waals surface area contributed by atoms with Crippen molar-refractivity contribution >= 4 is 6.03 Å². The number of hydrogen-bond acceptors (Lipinski definition) is 4. The van der Waals surface area contributed by atoms with E-state index in [-0.39, 0.29) is 24.7 Å². The molecule has 7 nitrogen and oxygen atoms in total. The fraction of sp³-hybridized carbons (Fsp3) is 0.765. The Morgan fingerprint density at radius 2 is 2.04 bits per heavy atom. The number of urea groups is 1. The molecule has 7 heteroatoms. The Hall–Kier alpha value is -1.60. The number of hydrogen-bond donors (Lipinski definition) is 2.